The number of urea groups is 1. The van der Waals surface area contributed by atoms with Gasteiger partial charge in [0.25, 0.3) is 0 Å². The maximum Gasteiger partial charge on any atom is 0.318 e. The minimum Gasteiger partial charge on any atom is -0.507 e. The van der Waals surface area contributed by atoms with E-state index in [-0.39, 0.29) is 41.7 Å². The van der Waals surface area contributed by atoms with Gasteiger partial charge in [-0.3, -0.25) is 14.6 Å². The number of likely N-dealkylation sites (tertiary alicyclic amines) is 3. The Balaban J connectivity index is 0.684. The summed E-state index contributed by atoms with van der Waals surface area (Å²) in [5.41, 5.74) is 19.2. The number of rotatable bonds is 11. The molecule has 10 rings (SSSR count). The van der Waals surface area contributed by atoms with E-state index in [1.165, 1.54) is 5.56 Å². The Morgan fingerprint density at radius 2 is 1.73 bits per heavy atom. The molecule has 5 aliphatic rings. The molecule has 9 N–H and O–H groups in total. The molecule has 1 saturated carbocycles. The van der Waals surface area contributed by atoms with Gasteiger partial charge in [-0.2, -0.15) is 0 Å². The van der Waals surface area contributed by atoms with Crippen LogP contribution in [0.4, 0.5) is 16.6 Å². The molecule has 17 heteroatoms. The Morgan fingerprint density at radius 1 is 0.986 bits per heavy atom. The van der Waals surface area contributed by atoms with Gasteiger partial charge in [-0.1, -0.05) is 45.0 Å². The van der Waals surface area contributed by atoms with Crippen molar-refractivity contribution in [2.45, 2.75) is 116 Å². The zero-order chi connectivity index (χ0) is 49.8. The summed E-state index contributed by atoms with van der Waals surface area (Å²) in [7, 11) is 0. The number of carbonyl (C=O) groups is 3. The Kier molecular flexibility index (Phi) is 12.9. The Hall–Kier alpha value is -6.72. The molecule has 7 heterocycles. The molecule has 3 saturated heterocycles. The van der Waals surface area contributed by atoms with E-state index >= 15 is 0 Å². The zero-order valence-electron chi connectivity index (χ0n) is 41.3. The molecule has 0 bridgehead atoms. The second kappa shape index (κ2) is 19.1. The van der Waals surface area contributed by atoms with Gasteiger partial charge in [-0.25, -0.2) is 14.8 Å². The topological polar surface area (TPSA) is 235 Å². The number of benzene rings is 2. The fraction of sp³-hybridized carbons (Fsp3) is 0.481. The fourth-order valence-electron chi connectivity index (χ4n) is 12.1. The molecule has 71 heavy (non-hydrogen) atoms. The summed E-state index contributed by atoms with van der Waals surface area (Å²) in [6.45, 7) is 12.7. The number of aliphatic hydroxyl groups excluding tert-OH is 1. The molecule has 4 amide bonds. The van der Waals surface area contributed by atoms with Crippen LogP contribution in [0.5, 0.6) is 5.75 Å². The molecule has 3 atom stereocenters. The highest BCUT2D eigenvalue weighted by molar-refractivity contribution is 5.93. The van der Waals surface area contributed by atoms with Crippen molar-refractivity contribution in [2.24, 2.45) is 16.6 Å². The molecule has 4 aliphatic heterocycles. The zero-order valence-corrected chi connectivity index (χ0v) is 41.3. The molecule has 0 radical (unpaired) electrons. The van der Waals surface area contributed by atoms with Crippen LogP contribution in [0.2, 0.25) is 0 Å². The third-order valence-corrected chi connectivity index (χ3v) is 16.1. The van der Waals surface area contributed by atoms with Crippen LogP contribution in [-0.4, -0.2) is 120 Å². The summed E-state index contributed by atoms with van der Waals surface area (Å²) < 4.78 is 0. The molecule has 1 spiro atoms. The van der Waals surface area contributed by atoms with Crippen molar-refractivity contribution in [1.82, 2.24) is 45.3 Å². The third-order valence-electron chi connectivity index (χ3n) is 16.1. The van der Waals surface area contributed by atoms with Crippen molar-refractivity contribution in [3.63, 3.8) is 0 Å². The van der Waals surface area contributed by atoms with Gasteiger partial charge in [0.05, 0.1) is 18.3 Å². The van der Waals surface area contributed by atoms with Crippen LogP contribution in [0.15, 0.2) is 67.1 Å². The second-order valence-electron chi connectivity index (χ2n) is 21.8. The van der Waals surface area contributed by atoms with Crippen molar-refractivity contribution in [3.8, 4) is 5.75 Å². The number of hydrogen-bond donors (Lipinski definition) is 7. The highest BCUT2D eigenvalue weighted by Crippen LogP contribution is 2.51. The van der Waals surface area contributed by atoms with E-state index in [4.69, 9.17) is 21.4 Å². The van der Waals surface area contributed by atoms with Gasteiger partial charge in [0, 0.05) is 103 Å². The van der Waals surface area contributed by atoms with Crippen LogP contribution in [0.25, 0.3) is 22.5 Å². The number of H-pyrrole nitrogens is 1. The van der Waals surface area contributed by atoms with Crippen LogP contribution in [0, 0.1) is 10.8 Å². The van der Waals surface area contributed by atoms with Crippen LogP contribution in [-0.2, 0) is 29.2 Å². The van der Waals surface area contributed by atoms with Crippen LogP contribution >= 0.6 is 0 Å². The van der Waals surface area contributed by atoms with Gasteiger partial charge < -0.3 is 56.9 Å². The van der Waals surface area contributed by atoms with E-state index in [1.54, 1.807) is 29.3 Å². The van der Waals surface area contributed by atoms with Gasteiger partial charge in [0.15, 0.2) is 0 Å². The predicted octanol–water partition coefficient (Wildman–Crippen LogP) is 5.79. The second-order valence-corrected chi connectivity index (χ2v) is 21.8. The number of aromatic hydroxyl groups is 1. The highest BCUT2D eigenvalue weighted by atomic mass is 16.3. The Morgan fingerprint density at radius 3 is 2.45 bits per heavy atom. The average molecular weight is 965 g/mol. The first-order chi connectivity index (χ1) is 34.1. The number of carbonyl (C=O) groups excluding carboxylic acids is 3. The first-order valence-electron chi connectivity index (χ1n) is 25.3. The normalized spacial score (nSPS) is 21.2. The number of amides is 4. The number of phenolic OH excluding ortho intramolecular Hbond substituents is 1. The highest BCUT2D eigenvalue weighted by Gasteiger charge is 2.56. The molecular weight excluding hydrogens is 897 g/mol. The van der Waals surface area contributed by atoms with E-state index in [0.29, 0.717) is 79.7 Å². The standard InChI is InChI=1S/C54H68N12O5/c1-32-46-40(23-41(55)39-8-5-6-10-45(39)68)48(56)61-42(46)16-21-65(32)51-59-27-36(28-60-51)34-14-19-63(20-15-34)37-24-54(25-37)30-64(31-54)52(71)62-47(53(2,3)4)50(70)66-18-7-9-44(66)49(69)58-26-33-11-12-38-35(22-33)13-17-57-43(38)29-67/h5-6,8,10-13,17,22-23,27-28,32,34,37,44,47,61,67-68H,7,9,14-16,18-21,24-26,29-31,55-56H2,1-4H3,(H,58,69)(H,62,71)/b41-23-. The van der Waals surface area contributed by atoms with Crippen LogP contribution < -0.4 is 27.0 Å². The monoisotopic (exact) mass is 965 g/mol. The summed E-state index contributed by atoms with van der Waals surface area (Å²) in [6.07, 6.45) is 13.7. The van der Waals surface area contributed by atoms with E-state index in [0.717, 1.165) is 84.9 Å². The maximum atomic E-state index is 14.2. The Bertz CT molecular complexity index is 2840. The molecule has 3 unspecified atom stereocenters. The number of piperidine rings is 1. The summed E-state index contributed by atoms with van der Waals surface area (Å²) in [5.74, 6) is 1.31. The summed E-state index contributed by atoms with van der Waals surface area (Å²) in [4.78, 5) is 67.4. The van der Waals surface area contributed by atoms with Gasteiger partial charge >= 0.3 is 6.03 Å². The van der Waals surface area contributed by atoms with E-state index < -0.39 is 17.5 Å². The van der Waals surface area contributed by atoms with Gasteiger partial charge in [-0.15, -0.1) is 0 Å². The summed E-state index contributed by atoms with van der Waals surface area (Å²) in [6, 6.07) is 13.5. The summed E-state index contributed by atoms with van der Waals surface area (Å²) >= 11 is 0. The van der Waals surface area contributed by atoms with E-state index in [1.807, 2.05) is 74.5 Å². The number of nitrogens with zero attached hydrogens (tertiary/aromatic N) is 7. The number of nitrogens with two attached hydrogens (primary N) is 2. The third kappa shape index (κ3) is 9.37. The number of para-hydroxylation sites is 1. The van der Waals surface area contributed by atoms with Crippen molar-refractivity contribution < 1.29 is 24.6 Å². The van der Waals surface area contributed by atoms with Crippen molar-refractivity contribution in [2.75, 3.05) is 49.9 Å². The SMILES string of the molecule is CC1c2c([nH]c(N)c2/C=C(\N)c2ccccc2O)CCN1c1ncc(C2CCN(C3CC4(C3)CN(C(=O)NC(C(=O)N3CCCC3C(=O)NCc3ccc5c(CO)nccc5c3)C(C)(C)C)C4)CC2)cn1. The fourth-order valence-corrected chi connectivity index (χ4v) is 12.1. The first kappa shape index (κ1) is 47.9. The van der Waals surface area contributed by atoms with Crippen LogP contribution in [0.3, 0.4) is 0 Å². The summed E-state index contributed by atoms with van der Waals surface area (Å²) in [5, 5.41) is 28.0. The minimum atomic E-state index is -0.785. The number of aromatic nitrogens is 4. The lowest BCUT2D eigenvalue weighted by Gasteiger charge is -2.61. The van der Waals surface area contributed by atoms with Gasteiger partial charge in [-0.05, 0) is 117 Å². The minimum absolute atomic E-state index is 0.0526. The number of pyridine rings is 1. The first-order valence-corrected chi connectivity index (χ1v) is 25.3. The molecule has 2 aromatic carbocycles. The number of phenols is 1. The molecule has 4 fully saturated rings. The molecular formula is C54H68N12O5. The quantitative estimate of drug-likeness (QED) is 0.0834. The van der Waals surface area contributed by atoms with E-state index in [2.05, 4.69) is 37.3 Å². The predicted molar refractivity (Wildman–Crippen MR) is 273 cm³/mol. The lowest BCUT2D eigenvalue weighted by Crippen LogP contribution is -2.70. The number of nitrogen functional groups attached to an aromatic ring is 1. The number of aromatic amines is 1. The smallest absolute Gasteiger partial charge is 0.318 e. The number of anilines is 2. The number of fused-ring (bicyclic) bond motifs is 2. The lowest BCUT2D eigenvalue weighted by molar-refractivity contribution is -0.142. The van der Waals surface area contributed by atoms with Crippen molar-refractivity contribution in [1.29, 1.82) is 0 Å². The number of aliphatic hydroxyl groups is 1. The maximum absolute atomic E-state index is 14.2. The number of hydrogen-bond acceptors (Lipinski definition) is 12. The van der Waals surface area contributed by atoms with E-state index in [9.17, 15) is 24.6 Å². The lowest BCUT2D eigenvalue weighted by atomic mass is 9.60. The van der Waals surface area contributed by atoms with Gasteiger partial charge in [0.2, 0.25) is 17.8 Å². The Labute approximate surface area is 415 Å². The average Bonchev–Trinajstić information content (AvgIpc) is 3.96. The molecule has 374 valence electrons. The largest absolute Gasteiger partial charge is 0.507 e. The van der Waals surface area contributed by atoms with Gasteiger partial charge in [0.1, 0.15) is 23.7 Å². The molecule has 1 aliphatic carbocycles. The van der Waals surface area contributed by atoms with Crippen LogP contribution in [0.1, 0.15) is 117 Å². The van der Waals surface area contributed by atoms with Crippen molar-refractivity contribution in [3.05, 3.63) is 106 Å². The molecule has 3 aromatic heterocycles. The number of nitrogens with one attached hydrogen (secondary N) is 3. The molecule has 5 aromatic rings. The molecule has 17 nitrogen and oxygen atoms in total. The van der Waals surface area contributed by atoms with Crippen molar-refractivity contribution >= 4 is 52.2 Å².